The molecular formula is C12H23N. The largest absolute Gasteiger partial charge is 0.391 e. The van der Waals surface area contributed by atoms with Crippen LogP contribution < -0.4 is 5.32 Å². The molecule has 1 fully saturated rings. The van der Waals surface area contributed by atoms with Crippen LogP contribution in [0.1, 0.15) is 46.5 Å². The van der Waals surface area contributed by atoms with Gasteiger partial charge < -0.3 is 5.32 Å². The van der Waals surface area contributed by atoms with Gasteiger partial charge in [-0.1, -0.05) is 26.0 Å². The normalized spacial score (nSPS) is 20.2. The van der Waals surface area contributed by atoms with Crippen molar-refractivity contribution < 1.29 is 0 Å². The molecule has 0 aliphatic heterocycles. The van der Waals surface area contributed by atoms with Gasteiger partial charge in [0.2, 0.25) is 0 Å². The molecule has 0 aromatic rings. The van der Waals surface area contributed by atoms with Crippen molar-refractivity contribution in [2.24, 2.45) is 0 Å². The van der Waals surface area contributed by atoms with E-state index in [1.54, 1.807) is 0 Å². The number of hydrogen-bond donors (Lipinski definition) is 1. The molecular weight excluding hydrogens is 158 g/mol. The molecule has 0 atom stereocenters. The Kier molecular flexibility index (Phi) is 6.38. The summed E-state index contributed by atoms with van der Waals surface area (Å²) in [5, 5.41) is 3.18. The summed E-state index contributed by atoms with van der Waals surface area (Å²) in [7, 11) is 1.98. The Balaban J connectivity index is 0.000000671. The maximum Gasteiger partial charge on any atom is 0.0107 e. The third-order valence-corrected chi connectivity index (χ3v) is 2.41. The first-order valence-corrected chi connectivity index (χ1v) is 5.31. The minimum atomic E-state index is 1.19. The topological polar surface area (TPSA) is 12.0 Å². The minimum Gasteiger partial charge on any atom is -0.391 e. The first-order chi connectivity index (χ1) is 6.25. The third kappa shape index (κ3) is 3.67. The molecule has 0 unspecified atom stereocenters. The highest BCUT2D eigenvalue weighted by atomic mass is 14.8. The van der Waals surface area contributed by atoms with Gasteiger partial charge in [0, 0.05) is 12.7 Å². The van der Waals surface area contributed by atoms with Gasteiger partial charge in [-0.15, -0.1) is 0 Å². The molecule has 76 valence electrons. The lowest BCUT2D eigenvalue weighted by Crippen LogP contribution is -2.09. The number of rotatable bonds is 1. The molecule has 0 heterocycles. The van der Waals surface area contributed by atoms with Gasteiger partial charge in [0.25, 0.3) is 0 Å². The molecule has 1 aliphatic carbocycles. The smallest absolute Gasteiger partial charge is 0.0107 e. The third-order valence-electron chi connectivity index (χ3n) is 2.41. The standard InChI is InChI=1S/C10H17N.C2H6/c1-8-6-4-5-7-10(8)9(2)11-3;1-2/h11H,1,4-7H2,2-3H3;1-2H3/b10-9-;. The van der Waals surface area contributed by atoms with Gasteiger partial charge >= 0.3 is 0 Å². The van der Waals surface area contributed by atoms with E-state index >= 15 is 0 Å². The van der Waals surface area contributed by atoms with E-state index in [2.05, 4.69) is 18.8 Å². The Bertz CT molecular complexity index is 189. The molecule has 0 aromatic carbocycles. The molecule has 0 saturated heterocycles. The number of allylic oxidation sites excluding steroid dienone is 3. The van der Waals surface area contributed by atoms with Crippen molar-refractivity contribution >= 4 is 0 Å². The van der Waals surface area contributed by atoms with Crippen LogP contribution in [0.2, 0.25) is 0 Å². The summed E-state index contributed by atoms with van der Waals surface area (Å²) in [6.07, 6.45) is 5.05. The minimum absolute atomic E-state index is 1.19. The van der Waals surface area contributed by atoms with Crippen LogP contribution in [0.4, 0.5) is 0 Å². The summed E-state index contributed by atoms with van der Waals surface area (Å²) in [5.74, 6) is 0. The van der Waals surface area contributed by atoms with Gasteiger partial charge in [-0.05, 0) is 38.2 Å². The fourth-order valence-electron chi connectivity index (χ4n) is 1.57. The van der Waals surface area contributed by atoms with Crippen LogP contribution >= 0.6 is 0 Å². The molecule has 1 rings (SSSR count). The van der Waals surface area contributed by atoms with Crippen LogP contribution in [-0.2, 0) is 0 Å². The summed E-state index contributed by atoms with van der Waals surface area (Å²) >= 11 is 0. The maximum atomic E-state index is 4.07. The van der Waals surface area contributed by atoms with E-state index in [0.29, 0.717) is 0 Å². The lowest BCUT2D eigenvalue weighted by molar-refractivity contribution is 0.668. The zero-order valence-corrected chi connectivity index (χ0v) is 9.54. The molecule has 1 heteroatoms. The summed E-state index contributed by atoms with van der Waals surface area (Å²) in [5.41, 5.74) is 4.09. The van der Waals surface area contributed by atoms with Gasteiger partial charge in [0.05, 0.1) is 0 Å². The second kappa shape index (κ2) is 6.76. The van der Waals surface area contributed by atoms with Crippen molar-refractivity contribution in [3.05, 3.63) is 23.4 Å². The zero-order chi connectivity index (χ0) is 10.3. The highest BCUT2D eigenvalue weighted by Gasteiger charge is 2.11. The Morgan fingerprint density at radius 1 is 1.23 bits per heavy atom. The van der Waals surface area contributed by atoms with Crippen molar-refractivity contribution in [1.82, 2.24) is 5.32 Å². The predicted octanol–water partition coefficient (Wildman–Crippen LogP) is 3.64. The van der Waals surface area contributed by atoms with Crippen LogP contribution in [0, 0.1) is 0 Å². The number of nitrogens with one attached hydrogen (secondary N) is 1. The highest BCUT2D eigenvalue weighted by molar-refractivity contribution is 5.33. The van der Waals surface area contributed by atoms with Gasteiger partial charge in [-0.2, -0.15) is 0 Å². The fraction of sp³-hybridized carbons (Fsp3) is 0.667. The Labute approximate surface area is 82.9 Å². The average molecular weight is 181 g/mol. The Hall–Kier alpha value is -0.720. The fourth-order valence-corrected chi connectivity index (χ4v) is 1.57. The monoisotopic (exact) mass is 181 g/mol. The van der Waals surface area contributed by atoms with Crippen LogP contribution in [0.3, 0.4) is 0 Å². The molecule has 1 saturated carbocycles. The van der Waals surface area contributed by atoms with Gasteiger partial charge in [0.1, 0.15) is 0 Å². The highest BCUT2D eigenvalue weighted by Crippen LogP contribution is 2.28. The summed E-state index contributed by atoms with van der Waals surface area (Å²) in [6.45, 7) is 10.2. The predicted molar refractivity (Wildman–Crippen MR) is 60.7 cm³/mol. The molecule has 1 N–H and O–H groups in total. The first-order valence-electron chi connectivity index (χ1n) is 5.31. The van der Waals surface area contributed by atoms with Crippen LogP contribution in [0.15, 0.2) is 23.4 Å². The molecule has 0 bridgehead atoms. The Morgan fingerprint density at radius 2 is 1.77 bits per heavy atom. The summed E-state index contributed by atoms with van der Waals surface area (Å²) in [6, 6.07) is 0. The van der Waals surface area contributed by atoms with Crippen molar-refractivity contribution in [1.29, 1.82) is 0 Å². The molecule has 0 radical (unpaired) electrons. The molecule has 1 nitrogen and oxygen atoms in total. The van der Waals surface area contributed by atoms with Crippen LogP contribution in [0.5, 0.6) is 0 Å². The zero-order valence-electron chi connectivity index (χ0n) is 9.54. The summed E-state index contributed by atoms with van der Waals surface area (Å²) in [4.78, 5) is 0. The Morgan fingerprint density at radius 3 is 2.23 bits per heavy atom. The maximum absolute atomic E-state index is 4.07. The van der Waals surface area contributed by atoms with Crippen molar-refractivity contribution in [3.63, 3.8) is 0 Å². The van der Waals surface area contributed by atoms with Gasteiger partial charge in [-0.3, -0.25) is 0 Å². The second-order valence-corrected chi connectivity index (χ2v) is 3.16. The first kappa shape index (κ1) is 12.3. The second-order valence-electron chi connectivity index (χ2n) is 3.16. The van der Waals surface area contributed by atoms with Crippen molar-refractivity contribution in [2.45, 2.75) is 46.5 Å². The quantitative estimate of drug-likeness (QED) is 0.651. The van der Waals surface area contributed by atoms with Gasteiger partial charge in [-0.25, -0.2) is 0 Å². The lowest BCUT2D eigenvalue weighted by Gasteiger charge is -2.19. The van der Waals surface area contributed by atoms with Crippen LogP contribution in [0.25, 0.3) is 0 Å². The molecule has 0 amide bonds. The van der Waals surface area contributed by atoms with E-state index in [1.807, 2.05) is 20.9 Å². The van der Waals surface area contributed by atoms with Crippen molar-refractivity contribution in [2.75, 3.05) is 7.05 Å². The molecule has 13 heavy (non-hydrogen) atoms. The van der Waals surface area contributed by atoms with E-state index in [1.165, 1.54) is 42.5 Å². The van der Waals surface area contributed by atoms with Gasteiger partial charge in [0.15, 0.2) is 0 Å². The van der Waals surface area contributed by atoms with E-state index in [9.17, 15) is 0 Å². The van der Waals surface area contributed by atoms with E-state index in [-0.39, 0.29) is 0 Å². The molecule has 0 aromatic heterocycles. The summed E-state index contributed by atoms with van der Waals surface area (Å²) < 4.78 is 0. The van der Waals surface area contributed by atoms with E-state index < -0.39 is 0 Å². The van der Waals surface area contributed by atoms with E-state index in [0.717, 1.165) is 0 Å². The molecule has 1 aliphatic rings. The average Bonchev–Trinajstić information content (AvgIpc) is 2.20. The van der Waals surface area contributed by atoms with Crippen LogP contribution in [-0.4, -0.2) is 7.05 Å². The molecule has 0 spiro atoms. The van der Waals surface area contributed by atoms with Crippen molar-refractivity contribution in [3.8, 4) is 0 Å². The lowest BCUT2D eigenvalue weighted by atomic mass is 9.89. The number of hydrogen-bond acceptors (Lipinski definition) is 1. The van der Waals surface area contributed by atoms with E-state index in [4.69, 9.17) is 0 Å². The SMILES string of the molecule is C=C1CCCC/C1=C(\C)NC.CC.